The van der Waals surface area contributed by atoms with E-state index in [4.69, 9.17) is 0 Å². The Kier molecular flexibility index (Phi) is 7.76. The lowest BCUT2D eigenvalue weighted by molar-refractivity contribution is 0.701. The summed E-state index contributed by atoms with van der Waals surface area (Å²) in [5.41, 5.74) is 0. The standard InChI is InChI=1S/C10H17N3S.HI/c1-8(2)13-10(11-3)12-7-9-5-4-6-14-9;/h4-6,8H,7H2,1-3H3,(H2,11,12,13);1H. The number of thiophene rings is 1. The highest BCUT2D eigenvalue weighted by Crippen LogP contribution is 2.06. The SMILES string of the molecule is CN=C(NCc1cccs1)NC(C)C.I. The molecule has 0 atom stereocenters. The zero-order valence-electron chi connectivity index (χ0n) is 9.28. The van der Waals surface area contributed by atoms with Gasteiger partial charge in [-0.2, -0.15) is 0 Å². The third kappa shape index (κ3) is 5.99. The van der Waals surface area contributed by atoms with E-state index in [1.165, 1.54) is 4.88 Å². The van der Waals surface area contributed by atoms with Gasteiger partial charge in [0.25, 0.3) is 0 Å². The fraction of sp³-hybridized carbons (Fsp3) is 0.500. The summed E-state index contributed by atoms with van der Waals surface area (Å²) < 4.78 is 0. The fourth-order valence-corrected chi connectivity index (χ4v) is 1.70. The van der Waals surface area contributed by atoms with E-state index < -0.39 is 0 Å². The van der Waals surface area contributed by atoms with Crippen LogP contribution in [-0.4, -0.2) is 19.0 Å². The smallest absolute Gasteiger partial charge is 0.191 e. The zero-order valence-corrected chi connectivity index (χ0v) is 12.4. The molecule has 0 spiro atoms. The van der Waals surface area contributed by atoms with Crippen LogP contribution >= 0.6 is 35.3 Å². The minimum atomic E-state index is 0. The van der Waals surface area contributed by atoms with Crippen molar-refractivity contribution in [3.8, 4) is 0 Å². The van der Waals surface area contributed by atoms with Crippen LogP contribution in [0.25, 0.3) is 0 Å². The Balaban J connectivity index is 0.00000196. The lowest BCUT2D eigenvalue weighted by Crippen LogP contribution is -2.40. The Morgan fingerprint density at radius 1 is 1.53 bits per heavy atom. The largest absolute Gasteiger partial charge is 0.354 e. The topological polar surface area (TPSA) is 36.4 Å². The third-order valence-corrected chi connectivity index (χ3v) is 2.54. The van der Waals surface area contributed by atoms with Crippen molar-refractivity contribution in [2.45, 2.75) is 26.4 Å². The van der Waals surface area contributed by atoms with Crippen molar-refractivity contribution in [3.05, 3.63) is 22.4 Å². The maximum Gasteiger partial charge on any atom is 0.191 e. The van der Waals surface area contributed by atoms with Crippen LogP contribution in [0.5, 0.6) is 0 Å². The van der Waals surface area contributed by atoms with Crippen LogP contribution in [0.2, 0.25) is 0 Å². The van der Waals surface area contributed by atoms with Gasteiger partial charge in [0.1, 0.15) is 0 Å². The highest BCUT2D eigenvalue weighted by molar-refractivity contribution is 14.0. The van der Waals surface area contributed by atoms with Gasteiger partial charge in [0.05, 0.1) is 6.54 Å². The van der Waals surface area contributed by atoms with Gasteiger partial charge in [-0.15, -0.1) is 35.3 Å². The van der Waals surface area contributed by atoms with Crippen LogP contribution in [0.15, 0.2) is 22.5 Å². The third-order valence-electron chi connectivity index (χ3n) is 1.66. The first kappa shape index (κ1) is 14.7. The first-order valence-corrected chi connectivity index (χ1v) is 5.60. The second-order valence-electron chi connectivity index (χ2n) is 3.30. The average Bonchev–Trinajstić information content (AvgIpc) is 2.64. The summed E-state index contributed by atoms with van der Waals surface area (Å²) in [6.45, 7) is 5.03. The Morgan fingerprint density at radius 2 is 2.27 bits per heavy atom. The highest BCUT2D eigenvalue weighted by Gasteiger charge is 1.99. The normalized spacial score (nSPS) is 11.1. The van der Waals surface area contributed by atoms with Crippen molar-refractivity contribution >= 4 is 41.3 Å². The first-order chi connectivity index (χ1) is 6.72. The van der Waals surface area contributed by atoms with Crippen molar-refractivity contribution < 1.29 is 0 Å². The number of rotatable bonds is 3. The molecular weight excluding hydrogens is 321 g/mol. The molecule has 1 aromatic rings. The van der Waals surface area contributed by atoms with Gasteiger partial charge in [-0.3, -0.25) is 4.99 Å². The molecule has 1 rings (SSSR count). The number of nitrogens with zero attached hydrogens (tertiary/aromatic N) is 1. The summed E-state index contributed by atoms with van der Waals surface area (Å²) in [7, 11) is 1.78. The molecule has 0 aliphatic carbocycles. The maximum atomic E-state index is 4.13. The molecule has 0 aromatic carbocycles. The second kappa shape index (κ2) is 7.92. The molecular formula is C10H18IN3S. The lowest BCUT2D eigenvalue weighted by Gasteiger charge is -2.13. The van der Waals surface area contributed by atoms with Crippen molar-refractivity contribution in [2.75, 3.05) is 7.05 Å². The molecule has 2 N–H and O–H groups in total. The van der Waals surface area contributed by atoms with Gasteiger partial charge in [0.2, 0.25) is 0 Å². The van der Waals surface area contributed by atoms with Gasteiger partial charge in [0, 0.05) is 18.0 Å². The number of halogens is 1. The van der Waals surface area contributed by atoms with Crippen LogP contribution in [0, 0.1) is 0 Å². The molecule has 0 saturated carbocycles. The van der Waals surface area contributed by atoms with Gasteiger partial charge in [-0.25, -0.2) is 0 Å². The monoisotopic (exact) mass is 339 g/mol. The van der Waals surface area contributed by atoms with Crippen LogP contribution in [0.4, 0.5) is 0 Å². The van der Waals surface area contributed by atoms with Crippen LogP contribution in [0.1, 0.15) is 18.7 Å². The number of nitrogens with one attached hydrogen (secondary N) is 2. The Labute approximate surface area is 112 Å². The summed E-state index contributed by atoms with van der Waals surface area (Å²) >= 11 is 1.75. The van der Waals surface area contributed by atoms with E-state index in [0.29, 0.717) is 6.04 Å². The van der Waals surface area contributed by atoms with Crippen molar-refractivity contribution in [2.24, 2.45) is 4.99 Å². The summed E-state index contributed by atoms with van der Waals surface area (Å²) in [4.78, 5) is 5.44. The Hall–Kier alpha value is -0.300. The molecule has 15 heavy (non-hydrogen) atoms. The van der Waals surface area contributed by atoms with Crippen LogP contribution in [0.3, 0.4) is 0 Å². The summed E-state index contributed by atoms with van der Waals surface area (Å²) in [5, 5.41) is 8.57. The highest BCUT2D eigenvalue weighted by atomic mass is 127. The van der Waals surface area contributed by atoms with Gasteiger partial charge in [-0.1, -0.05) is 6.07 Å². The van der Waals surface area contributed by atoms with Crippen LogP contribution < -0.4 is 10.6 Å². The molecule has 0 fully saturated rings. The molecule has 0 amide bonds. The summed E-state index contributed by atoms with van der Waals surface area (Å²) in [5.74, 6) is 0.855. The molecule has 0 bridgehead atoms. The van der Waals surface area contributed by atoms with E-state index in [-0.39, 0.29) is 24.0 Å². The van der Waals surface area contributed by atoms with E-state index in [1.807, 2.05) is 0 Å². The Bertz CT molecular complexity index is 283. The quantitative estimate of drug-likeness (QED) is 0.504. The van der Waals surface area contributed by atoms with Gasteiger partial charge >= 0.3 is 0 Å². The molecule has 5 heteroatoms. The van der Waals surface area contributed by atoms with Crippen LogP contribution in [-0.2, 0) is 6.54 Å². The molecule has 3 nitrogen and oxygen atoms in total. The van der Waals surface area contributed by atoms with Crippen molar-refractivity contribution in [1.82, 2.24) is 10.6 Å². The van der Waals surface area contributed by atoms with E-state index in [1.54, 1.807) is 18.4 Å². The van der Waals surface area contributed by atoms with E-state index >= 15 is 0 Å². The minimum absolute atomic E-state index is 0. The second-order valence-corrected chi connectivity index (χ2v) is 4.34. The molecule has 1 aromatic heterocycles. The van der Waals surface area contributed by atoms with E-state index in [9.17, 15) is 0 Å². The fourth-order valence-electron chi connectivity index (χ4n) is 1.05. The molecule has 0 aliphatic heterocycles. The van der Waals surface area contributed by atoms with Gasteiger partial charge in [0.15, 0.2) is 5.96 Å². The summed E-state index contributed by atoms with van der Waals surface area (Å²) in [6, 6.07) is 4.57. The molecule has 0 unspecified atom stereocenters. The summed E-state index contributed by atoms with van der Waals surface area (Å²) in [6.07, 6.45) is 0. The Morgan fingerprint density at radius 3 is 2.73 bits per heavy atom. The van der Waals surface area contributed by atoms with Crippen molar-refractivity contribution in [3.63, 3.8) is 0 Å². The number of aliphatic imine (C=N–C) groups is 1. The molecule has 0 aliphatic rings. The predicted octanol–water partition coefficient (Wildman–Crippen LogP) is 2.44. The van der Waals surface area contributed by atoms with Crippen molar-refractivity contribution in [1.29, 1.82) is 0 Å². The van der Waals surface area contributed by atoms with E-state index in [2.05, 4.69) is 47.0 Å². The van der Waals surface area contributed by atoms with Gasteiger partial charge < -0.3 is 10.6 Å². The number of guanidine groups is 1. The molecule has 0 radical (unpaired) electrons. The predicted molar refractivity (Wildman–Crippen MR) is 78.2 cm³/mol. The zero-order chi connectivity index (χ0) is 10.4. The number of hydrogen-bond acceptors (Lipinski definition) is 2. The molecule has 86 valence electrons. The molecule has 1 heterocycles. The maximum absolute atomic E-state index is 4.13. The molecule has 0 saturated heterocycles. The number of hydrogen-bond donors (Lipinski definition) is 2. The average molecular weight is 339 g/mol. The minimum Gasteiger partial charge on any atom is -0.354 e. The van der Waals surface area contributed by atoms with E-state index in [0.717, 1.165) is 12.5 Å². The first-order valence-electron chi connectivity index (χ1n) is 4.72. The van der Waals surface area contributed by atoms with Gasteiger partial charge in [-0.05, 0) is 25.3 Å². The lowest BCUT2D eigenvalue weighted by atomic mass is 10.4.